The number of benzene rings is 3. The van der Waals surface area contributed by atoms with Gasteiger partial charge in [-0.15, -0.1) is 0 Å². The number of ether oxygens (including phenoxy) is 1. The van der Waals surface area contributed by atoms with Crippen molar-refractivity contribution in [2.75, 3.05) is 22.8 Å². The second-order valence-corrected chi connectivity index (χ2v) is 9.11. The predicted octanol–water partition coefficient (Wildman–Crippen LogP) is 2.75. The van der Waals surface area contributed by atoms with Crippen molar-refractivity contribution >= 4 is 38.9 Å². The van der Waals surface area contributed by atoms with E-state index in [0.29, 0.717) is 29.3 Å². The Balaban J connectivity index is 1.59. The first kappa shape index (κ1) is 23.0. The molecule has 3 aromatic carbocycles. The van der Waals surface area contributed by atoms with Crippen LogP contribution in [0.1, 0.15) is 12.5 Å². The van der Waals surface area contributed by atoms with Crippen LogP contribution in [0.15, 0.2) is 88.9 Å². The van der Waals surface area contributed by atoms with Crippen molar-refractivity contribution in [3.8, 4) is 5.75 Å². The van der Waals surface area contributed by atoms with E-state index in [-0.39, 0.29) is 10.6 Å². The van der Waals surface area contributed by atoms with Gasteiger partial charge in [0, 0.05) is 5.56 Å². The third kappa shape index (κ3) is 4.76. The molecule has 1 heterocycles. The van der Waals surface area contributed by atoms with Gasteiger partial charge in [0.15, 0.2) is 5.71 Å². The highest BCUT2D eigenvalue weighted by Gasteiger charge is 2.29. The van der Waals surface area contributed by atoms with Crippen LogP contribution in [0.4, 0.5) is 11.4 Å². The van der Waals surface area contributed by atoms with Crippen molar-refractivity contribution in [2.45, 2.75) is 11.8 Å². The molecule has 174 valence electrons. The predicted molar refractivity (Wildman–Crippen MR) is 128 cm³/mol. The maximum absolute atomic E-state index is 13.4. The van der Waals surface area contributed by atoms with Gasteiger partial charge >= 0.3 is 0 Å². The van der Waals surface area contributed by atoms with Crippen molar-refractivity contribution in [1.82, 2.24) is 5.43 Å². The minimum absolute atomic E-state index is 0.00279. The molecule has 0 aliphatic carbocycles. The molecule has 0 saturated carbocycles. The molecule has 0 fully saturated rings. The number of carbonyl (C=O) groups is 2. The molecule has 4 rings (SSSR count). The molecule has 0 spiro atoms. The van der Waals surface area contributed by atoms with Gasteiger partial charge in [0.2, 0.25) is 0 Å². The molecule has 3 aromatic rings. The molecule has 1 aliphatic rings. The molecule has 10 heteroatoms. The van der Waals surface area contributed by atoms with Crippen molar-refractivity contribution in [3.05, 3.63) is 84.4 Å². The second kappa shape index (κ2) is 9.75. The summed E-state index contributed by atoms with van der Waals surface area (Å²) in [5, 5.41) is 6.61. The Kier molecular flexibility index (Phi) is 6.60. The lowest BCUT2D eigenvalue weighted by molar-refractivity contribution is -0.119. The summed E-state index contributed by atoms with van der Waals surface area (Å²) in [7, 11) is -4.09. The standard InChI is InChI=1S/C24H22N4O5S/c1-2-33-18-12-14-19(15-13-18)34(31,32)28(17-8-4-3-5-9-17)16-22(29)26-27-23-20-10-6-7-11-21(20)25-24(23)30/h3-15H,2,16H2,1H3,(H,26,29)(H,25,27,30). The van der Waals surface area contributed by atoms with E-state index >= 15 is 0 Å². The summed E-state index contributed by atoms with van der Waals surface area (Å²) in [5.74, 6) is -0.622. The fourth-order valence-corrected chi connectivity index (χ4v) is 4.83. The van der Waals surface area contributed by atoms with Crippen molar-refractivity contribution in [3.63, 3.8) is 0 Å². The summed E-state index contributed by atoms with van der Waals surface area (Å²) in [6.45, 7) is 1.74. The molecule has 2 N–H and O–H groups in total. The van der Waals surface area contributed by atoms with Crippen molar-refractivity contribution in [2.24, 2.45) is 5.10 Å². The highest BCUT2D eigenvalue weighted by atomic mass is 32.2. The number of nitrogens with one attached hydrogen (secondary N) is 2. The van der Waals surface area contributed by atoms with Crippen molar-refractivity contribution < 1.29 is 22.7 Å². The van der Waals surface area contributed by atoms with Crippen LogP contribution in [0.25, 0.3) is 0 Å². The number of nitrogens with zero attached hydrogens (tertiary/aromatic N) is 2. The largest absolute Gasteiger partial charge is 0.494 e. The fraction of sp³-hybridized carbons (Fsp3) is 0.125. The maximum Gasteiger partial charge on any atom is 0.276 e. The van der Waals surface area contributed by atoms with E-state index < -0.39 is 28.4 Å². The van der Waals surface area contributed by atoms with E-state index in [0.717, 1.165) is 4.31 Å². The van der Waals surface area contributed by atoms with E-state index in [2.05, 4.69) is 15.8 Å². The molecular formula is C24H22N4O5S. The van der Waals surface area contributed by atoms with Gasteiger partial charge in [-0.3, -0.25) is 13.9 Å². The van der Waals surface area contributed by atoms with Crippen LogP contribution in [0.5, 0.6) is 5.75 Å². The van der Waals surface area contributed by atoms with Crippen LogP contribution in [0.2, 0.25) is 0 Å². The minimum Gasteiger partial charge on any atom is -0.494 e. The monoisotopic (exact) mass is 478 g/mol. The highest BCUT2D eigenvalue weighted by molar-refractivity contribution is 7.92. The number of hydrazone groups is 1. The molecule has 9 nitrogen and oxygen atoms in total. The molecular weight excluding hydrogens is 456 g/mol. The number of rotatable bonds is 8. The zero-order chi connectivity index (χ0) is 24.1. The molecule has 0 bridgehead atoms. The first-order chi connectivity index (χ1) is 16.4. The topological polar surface area (TPSA) is 117 Å². The smallest absolute Gasteiger partial charge is 0.276 e. The summed E-state index contributed by atoms with van der Waals surface area (Å²) in [5.41, 5.74) is 3.80. The SMILES string of the molecule is CCOc1ccc(S(=O)(=O)N(CC(=O)N/N=C2/C(=O)Nc3ccccc32)c2ccccc2)cc1. The van der Waals surface area contributed by atoms with E-state index in [4.69, 9.17) is 4.74 Å². The zero-order valence-corrected chi connectivity index (χ0v) is 19.1. The lowest BCUT2D eigenvalue weighted by Gasteiger charge is -2.23. The average molecular weight is 479 g/mol. The summed E-state index contributed by atoms with van der Waals surface area (Å²) >= 11 is 0. The van der Waals surface area contributed by atoms with Crippen LogP contribution < -0.4 is 19.8 Å². The highest BCUT2D eigenvalue weighted by Crippen LogP contribution is 2.25. The lowest BCUT2D eigenvalue weighted by Crippen LogP contribution is -2.40. The van der Waals surface area contributed by atoms with Crippen LogP contribution in [-0.4, -0.2) is 39.1 Å². The summed E-state index contributed by atoms with van der Waals surface area (Å²) in [6.07, 6.45) is 0. The van der Waals surface area contributed by atoms with Gasteiger partial charge in [0.1, 0.15) is 12.3 Å². The molecule has 2 amide bonds. The number of anilines is 2. The molecule has 34 heavy (non-hydrogen) atoms. The Morgan fingerprint density at radius 3 is 2.38 bits per heavy atom. The number of hydrogen-bond acceptors (Lipinski definition) is 6. The van der Waals surface area contributed by atoms with Gasteiger partial charge in [-0.1, -0.05) is 36.4 Å². The van der Waals surface area contributed by atoms with E-state index in [1.54, 1.807) is 66.7 Å². The van der Waals surface area contributed by atoms with Crippen LogP contribution in [-0.2, 0) is 19.6 Å². The Bertz CT molecular complexity index is 1340. The van der Waals surface area contributed by atoms with Gasteiger partial charge in [-0.05, 0) is 49.4 Å². The molecule has 0 aromatic heterocycles. The van der Waals surface area contributed by atoms with E-state index in [1.165, 1.54) is 12.1 Å². The van der Waals surface area contributed by atoms with E-state index in [9.17, 15) is 18.0 Å². The van der Waals surface area contributed by atoms with Crippen LogP contribution in [0, 0.1) is 0 Å². The molecule has 1 aliphatic heterocycles. The Labute approximate surface area is 197 Å². The summed E-state index contributed by atoms with van der Waals surface area (Å²) in [4.78, 5) is 24.9. The van der Waals surface area contributed by atoms with E-state index in [1.807, 2.05) is 6.92 Å². The third-order valence-electron chi connectivity index (χ3n) is 4.99. The Morgan fingerprint density at radius 1 is 1.00 bits per heavy atom. The fourth-order valence-electron chi connectivity index (χ4n) is 3.41. The first-order valence-electron chi connectivity index (χ1n) is 10.5. The molecule has 0 saturated heterocycles. The van der Waals surface area contributed by atoms with Crippen LogP contribution in [0.3, 0.4) is 0 Å². The number of hydrogen-bond donors (Lipinski definition) is 2. The summed E-state index contributed by atoms with van der Waals surface area (Å²) < 4.78 is 33.2. The normalized spacial score (nSPS) is 13.8. The number of carbonyl (C=O) groups excluding carboxylic acids is 2. The minimum atomic E-state index is -4.09. The van der Waals surface area contributed by atoms with Gasteiger partial charge in [-0.25, -0.2) is 13.8 Å². The van der Waals surface area contributed by atoms with Crippen molar-refractivity contribution in [1.29, 1.82) is 0 Å². The van der Waals surface area contributed by atoms with Crippen LogP contribution >= 0.6 is 0 Å². The number of amides is 2. The van der Waals surface area contributed by atoms with Gasteiger partial charge in [-0.2, -0.15) is 5.10 Å². The van der Waals surface area contributed by atoms with Gasteiger partial charge < -0.3 is 10.1 Å². The zero-order valence-electron chi connectivity index (χ0n) is 18.3. The van der Waals surface area contributed by atoms with Gasteiger partial charge in [0.25, 0.3) is 21.8 Å². The molecule has 0 unspecified atom stereocenters. The second-order valence-electron chi connectivity index (χ2n) is 7.25. The maximum atomic E-state index is 13.4. The summed E-state index contributed by atoms with van der Waals surface area (Å²) in [6, 6.07) is 21.2. The molecule has 0 atom stereocenters. The van der Waals surface area contributed by atoms with Gasteiger partial charge in [0.05, 0.1) is 22.9 Å². The average Bonchev–Trinajstić information content (AvgIpc) is 3.17. The number of sulfonamides is 1. The third-order valence-corrected chi connectivity index (χ3v) is 6.78. The first-order valence-corrected chi connectivity index (χ1v) is 11.9. The lowest BCUT2D eigenvalue weighted by atomic mass is 10.1. The molecule has 0 radical (unpaired) electrons. The number of para-hydroxylation sites is 2. The quantitative estimate of drug-likeness (QED) is 0.483. The number of fused-ring (bicyclic) bond motifs is 1. The Morgan fingerprint density at radius 2 is 1.68 bits per heavy atom. The Hall–Kier alpha value is -4.18.